The van der Waals surface area contributed by atoms with Crippen LogP contribution in [0.1, 0.15) is 33.7 Å². The summed E-state index contributed by atoms with van der Waals surface area (Å²) in [7, 11) is 0. The highest BCUT2D eigenvalue weighted by Gasteiger charge is 2.28. The Balaban J connectivity index is 1.11. The standard InChI is InChI=1S/C34H28S2/c1-3-9-23(10-4-1)13-7-15-27-21-25-17-19-29-31(33(25)35-27)30-20-18-26-22-28(36-34(26)32(29)30)16-8-14-24-11-5-2-6-12-24/h1-6,9-12,17-22H,7-8,13-16H2. The van der Waals surface area contributed by atoms with Crippen molar-refractivity contribution >= 4 is 42.8 Å². The molecule has 6 aromatic rings. The van der Waals surface area contributed by atoms with Gasteiger partial charge in [-0.2, -0.15) is 0 Å². The highest BCUT2D eigenvalue weighted by Crippen LogP contribution is 2.56. The van der Waals surface area contributed by atoms with Gasteiger partial charge in [0, 0.05) is 30.3 Å². The topological polar surface area (TPSA) is 0 Å². The number of fused-ring (bicyclic) bond motifs is 8. The summed E-state index contributed by atoms with van der Waals surface area (Å²) in [5.74, 6) is 0. The molecule has 1 aliphatic carbocycles. The van der Waals surface area contributed by atoms with Gasteiger partial charge in [-0.05, 0) is 83.7 Å². The fourth-order valence-electron chi connectivity index (χ4n) is 5.67. The molecule has 7 rings (SSSR count). The first-order valence-corrected chi connectivity index (χ1v) is 14.7. The predicted octanol–water partition coefficient (Wildman–Crippen LogP) is 10.1. The van der Waals surface area contributed by atoms with Crippen LogP contribution in [0, 0.1) is 0 Å². The molecule has 0 N–H and O–H groups in total. The van der Waals surface area contributed by atoms with Gasteiger partial charge >= 0.3 is 0 Å². The molecule has 36 heavy (non-hydrogen) atoms. The molecule has 0 bridgehead atoms. The van der Waals surface area contributed by atoms with Crippen LogP contribution < -0.4 is 0 Å². The summed E-state index contributed by atoms with van der Waals surface area (Å²) in [4.78, 5) is 3.03. The Labute approximate surface area is 220 Å². The zero-order chi connectivity index (χ0) is 23.9. The lowest BCUT2D eigenvalue weighted by Crippen LogP contribution is -1.98. The van der Waals surface area contributed by atoms with E-state index in [2.05, 4.69) is 97.1 Å². The lowest BCUT2D eigenvalue weighted by Gasteiger charge is -2.25. The van der Waals surface area contributed by atoms with Crippen LogP contribution in [-0.4, -0.2) is 0 Å². The van der Waals surface area contributed by atoms with Crippen molar-refractivity contribution in [3.05, 3.63) is 118 Å². The fraction of sp³-hybridized carbons (Fsp3) is 0.176. The number of thiophene rings is 2. The van der Waals surface area contributed by atoms with Gasteiger partial charge in [0.2, 0.25) is 0 Å². The van der Waals surface area contributed by atoms with Crippen LogP contribution in [0.2, 0.25) is 0 Å². The first-order chi connectivity index (χ1) is 17.8. The van der Waals surface area contributed by atoms with E-state index in [0.29, 0.717) is 0 Å². The minimum absolute atomic E-state index is 1.15. The fourth-order valence-corrected chi connectivity index (χ4v) is 8.19. The first-order valence-electron chi connectivity index (χ1n) is 13.0. The minimum Gasteiger partial charge on any atom is -0.140 e. The summed E-state index contributed by atoms with van der Waals surface area (Å²) in [6.07, 6.45) is 7.04. The second-order valence-corrected chi connectivity index (χ2v) is 12.2. The molecule has 0 amide bonds. The molecular weight excluding hydrogens is 473 g/mol. The van der Waals surface area contributed by atoms with Crippen LogP contribution >= 0.6 is 22.7 Å². The Kier molecular flexibility index (Phi) is 5.72. The number of aryl methyl sites for hydroxylation is 4. The van der Waals surface area contributed by atoms with Crippen LogP contribution in [0.15, 0.2) is 97.1 Å². The van der Waals surface area contributed by atoms with Crippen LogP contribution in [0.4, 0.5) is 0 Å². The number of hydrogen-bond donors (Lipinski definition) is 0. The second kappa shape index (κ2) is 9.35. The highest BCUT2D eigenvalue weighted by atomic mass is 32.1. The van der Waals surface area contributed by atoms with E-state index in [1.165, 1.54) is 76.1 Å². The molecule has 2 heterocycles. The molecule has 0 spiro atoms. The molecule has 4 aromatic carbocycles. The Morgan fingerprint density at radius 1 is 0.444 bits per heavy atom. The van der Waals surface area contributed by atoms with Gasteiger partial charge in [0.1, 0.15) is 0 Å². The van der Waals surface area contributed by atoms with E-state index in [-0.39, 0.29) is 0 Å². The quantitative estimate of drug-likeness (QED) is 0.195. The molecule has 1 aliphatic rings. The number of benzene rings is 4. The summed E-state index contributed by atoms with van der Waals surface area (Å²) in [6, 6.07) is 36.0. The molecule has 0 saturated carbocycles. The van der Waals surface area contributed by atoms with Crippen molar-refractivity contribution in [3.63, 3.8) is 0 Å². The van der Waals surface area contributed by atoms with Crippen LogP contribution in [0.5, 0.6) is 0 Å². The van der Waals surface area contributed by atoms with E-state index in [0.717, 1.165) is 25.7 Å². The molecule has 2 heteroatoms. The second-order valence-electron chi connectivity index (χ2n) is 9.92. The first kappa shape index (κ1) is 22.0. The molecule has 2 aromatic heterocycles. The van der Waals surface area contributed by atoms with Gasteiger partial charge in [0.05, 0.1) is 0 Å². The molecule has 0 fully saturated rings. The van der Waals surface area contributed by atoms with E-state index in [1.807, 2.05) is 22.7 Å². The van der Waals surface area contributed by atoms with Gasteiger partial charge in [-0.25, -0.2) is 0 Å². The van der Waals surface area contributed by atoms with Gasteiger partial charge in [-0.3, -0.25) is 0 Å². The predicted molar refractivity (Wildman–Crippen MR) is 159 cm³/mol. The van der Waals surface area contributed by atoms with E-state index in [1.54, 1.807) is 0 Å². The molecule has 0 atom stereocenters. The van der Waals surface area contributed by atoms with Crippen molar-refractivity contribution in [2.45, 2.75) is 38.5 Å². The number of rotatable bonds is 8. The Bertz CT molecular complexity index is 1530. The van der Waals surface area contributed by atoms with Gasteiger partial charge in [-0.15, -0.1) is 22.7 Å². The molecule has 0 unspecified atom stereocenters. The van der Waals surface area contributed by atoms with Crippen LogP contribution in [-0.2, 0) is 25.7 Å². The average Bonchev–Trinajstić information content (AvgIpc) is 3.49. The van der Waals surface area contributed by atoms with E-state index < -0.39 is 0 Å². The normalized spacial score (nSPS) is 12.0. The smallest absolute Gasteiger partial charge is 0.0430 e. The Morgan fingerprint density at radius 2 is 0.889 bits per heavy atom. The number of hydrogen-bond acceptors (Lipinski definition) is 2. The van der Waals surface area contributed by atoms with Crippen LogP contribution in [0.3, 0.4) is 0 Å². The monoisotopic (exact) mass is 500 g/mol. The molecule has 176 valence electrons. The highest BCUT2D eigenvalue weighted by molar-refractivity contribution is 7.20. The maximum absolute atomic E-state index is 2.43. The third-order valence-electron chi connectivity index (χ3n) is 7.48. The van der Waals surface area contributed by atoms with Crippen molar-refractivity contribution in [2.75, 3.05) is 0 Å². The van der Waals surface area contributed by atoms with Crippen molar-refractivity contribution in [1.82, 2.24) is 0 Å². The zero-order valence-electron chi connectivity index (χ0n) is 20.3. The summed E-state index contributed by atoms with van der Waals surface area (Å²) in [6.45, 7) is 0. The van der Waals surface area contributed by atoms with Gasteiger partial charge in [0.25, 0.3) is 0 Å². The molecule has 0 saturated heterocycles. The molecule has 0 nitrogen and oxygen atoms in total. The maximum Gasteiger partial charge on any atom is 0.0430 e. The van der Waals surface area contributed by atoms with Gasteiger partial charge < -0.3 is 0 Å². The molecule has 0 radical (unpaired) electrons. The minimum atomic E-state index is 1.15. The maximum atomic E-state index is 2.43. The van der Waals surface area contributed by atoms with Crippen molar-refractivity contribution < 1.29 is 0 Å². The van der Waals surface area contributed by atoms with Gasteiger partial charge in [0.15, 0.2) is 0 Å². The lowest BCUT2D eigenvalue weighted by molar-refractivity contribution is 0.831. The molecule has 0 aliphatic heterocycles. The molecular formula is C34H28S2. The summed E-state index contributed by atoms with van der Waals surface area (Å²) < 4.78 is 2.96. The summed E-state index contributed by atoms with van der Waals surface area (Å²) in [5.41, 5.74) is 8.77. The van der Waals surface area contributed by atoms with Crippen molar-refractivity contribution in [1.29, 1.82) is 0 Å². The van der Waals surface area contributed by atoms with E-state index in [4.69, 9.17) is 0 Å². The SMILES string of the molecule is c1ccc(CCCc2cc3ccc4c(c3s2)-c2ccc3cc(CCCc5ccccc5)sc3c2-4)cc1. The largest absolute Gasteiger partial charge is 0.140 e. The van der Waals surface area contributed by atoms with Gasteiger partial charge in [-0.1, -0.05) is 84.9 Å². The van der Waals surface area contributed by atoms with Crippen molar-refractivity contribution in [2.24, 2.45) is 0 Å². The average molecular weight is 501 g/mol. The Hall–Kier alpha value is -3.20. The zero-order valence-corrected chi connectivity index (χ0v) is 21.9. The Morgan fingerprint density at radius 3 is 1.33 bits per heavy atom. The van der Waals surface area contributed by atoms with E-state index >= 15 is 0 Å². The summed E-state index contributed by atoms with van der Waals surface area (Å²) in [5, 5.41) is 2.82. The third kappa shape index (κ3) is 3.99. The van der Waals surface area contributed by atoms with Crippen LogP contribution in [0.25, 0.3) is 42.4 Å². The lowest BCUT2D eigenvalue weighted by atomic mass is 9.79. The third-order valence-corrected chi connectivity index (χ3v) is 9.93. The summed E-state index contributed by atoms with van der Waals surface area (Å²) >= 11 is 4.02. The van der Waals surface area contributed by atoms with Crippen molar-refractivity contribution in [3.8, 4) is 22.3 Å². The van der Waals surface area contributed by atoms with E-state index in [9.17, 15) is 0 Å².